The minimum absolute atomic E-state index is 0.0991. The highest BCUT2D eigenvalue weighted by Crippen LogP contribution is 2.42. The van der Waals surface area contributed by atoms with Gasteiger partial charge in [0.25, 0.3) is 0 Å². The molecule has 1 aliphatic rings. The molecule has 0 unspecified atom stereocenters. The summed E-state index contributed by atoms with van der Waals surface area (Å²) < 4.78 is 30.5. The Morgan fingerprint density at radius 2 is 1.97 bits per heavy atom. The lowest BCUT2D eigenvalue weighted by Crippen LogP contribution is -2.29. The fraction of sp³-hybridized carbons (Fsp3) is 0.375. The van der Waals surface area contributed by atoms with Gasteiger partial charge in [0.15, 0.2) is 5.76 Å². The third kappa shape index (κ3) is 4.10. The van der Waals surface area contributed by atoms with Crippen molar-refractivity contribution in [3.8, 4) is 22.8 Å². The Morgan fingerprint density at radius 1 is 1.19 bits per heavy atom. The Kier molecular flexibility index (Phi) is 6.13. The summed E-state index contributed by atoms with van der Waals surface area (Å²) in [5, 5.41) is 11.2. The van der Waals surface area contributed by atoms with Crippen LogP contribution in [0, 0.1) is 5.82 Å². The molecule has 0 amide bonds. The topological polar surface area (TPSA) is 72.1 Å². The van der Waals surface area contributed by atoms with Crippen molar-refractivity contribution in [2.24, 2.45) is 0 Å². The molecule has 0 spiro atoms. The quantitative estimate of drug-likeness (QED) is 0.551. The number of esters is 1. The van der Waals surface area contributed by atoms with Crippen LogP contribution in [0.2, 0.25) is 0 Å². The number of carbonyl (C=O) groups excluding carboxylic acids is 1. The fourth-order valence-electron chi connectivity index (χ4n) is 4.19. The Bertz CT molecular complexity index is 1100. The molecule has 1 fully saturated rings. The maximum absolute atomic E-state index is 13.8. The van der Waals surface area contributed by atoms with E-state index in [1.165, 1.54) is 31.7 Å². The summed E-state index contributed by atoms with van der Waals surface area (Å²) in [6.07, 6.45) is 3.40. The number of piperidine rings is 1. The van der Waals surface area contributed by atoms with E-state index in [1.807, 2.05) is 0 Å². The second kappa shape index (κ2) is 8.98. The summed E-state index contributed by atoms with van der Waals surface area (Å²) in [7, 11) is 1.43. The highest BCUT2D eigenvalue weighted by Gasteiger charge is 2.29. The third-order valence-electron chi connectivity index (χ3n) is 5.66. The van der Waals surface area contributed by atoms with Gasteiger partial charge in [0.05, 0.1) is 19.3 Å². The molecular weight excluding hydrogens is 401 g/mol. The monoisotopic (exact) mass is 427 g/mol. The molecule has 2 aromatic carbocycles. The van der Waals surface area contributed by atoms with Crippen LogP contribution in [0.25, 0.3) is 22.3 Å². The van der Waals surface area contributed by atoms with E-state index in [0.29, 0.717) is 28.6 Å². The maximum Gasteiger partial charge on any atom is 0.342 e. The molecule has 6 nitrogen and oxygen atoms in total. The highest BCUT2D eigenvalue weighted by molar-refractivity contribution is 6.10. The molecule has 164 valence electrons. The van der Waals surface area contributed by atoms with Gasteiger partial charge in [-0.3, -0.25) is 4.90 Å². The summed E-state index contributed by atoms with van der Waals surface area (Å²) in [6.45, 7) is 4.27. The highest BCUT2D eigenvalue weighted by atomic mass is 19.1. The van der Waals surface area contributed by atoms with E-state index in [-0.39, 0.29) is 29.4 Å². The van der Waals surface area contributed by atoms with Gasteiger partial charge in [0, 0.05) is 23.6 Å². The molecule has 4 rings (SSSR count). The van der Waals surface area contributed by atoms with Gasteiger partial charge >= 0.3 is 5.97 Å². The summed E-state index contributed by atoms with van der Waals surface area (Å²) in [6, 6.07) is 7.24. The predicted molar refractivity (Wildman–Crippen MR) is 115 cm³/mol. The van der Waals surface area contributed by atoms with Crippen molar-refractivity contribution in [2.45, 2.75) is 32.7 Å². The largest absolute Gasteiger partial charge is 0.508 e. The van der Waals surface area contributed by atoms with Crippen LogP contribution in [0.4, 0.5) is 4.39 Å². The lowest BCUT2D eigenvalue weighted by atomic mass is 9.99. The number of rotatable bonds is 6. The van der Waals surface area contributed by atoms with Crippen LogP contribution in [0.3, 0.4) is 0 Å². The van der Waals surface area contributed by atoms with Gasteiger partial charge < -0.3 is 19.0 Å². The summed E-state index contributed by atoms with van der Waals surface area (Å²) in [5.74, 6) is -0.449. The van der Waals surface area contributed by atoms with Crippen molar-refractivity contribution in [1.82, 2.24) is 4.90 Å². The zero-order valence-corrected chi connectivity index (χ0v) is 17.7. The smallest absolute Gasteiger partial charge is 0.342 e. The molecule has 0 bridgehead atoms. The number of hydrogen-bond acceptors (Lipinski definition) is 6. The van der Waals surface area contributed by atoms with Crippen molar-refractivity contribution in [3.05, 3.63) is 47.3 Å². The molecule has 2 heterocycles. The normalized spacial score (nSPS) is 14.7. The molecule has 1 N–H and O–H groups in total. The molecule has 0 atom stereocenters. The van der Waals surface area contributed by atoms with E-state index in [0.717, 1.165) is 25.9 Å². The van der Waals surface area contributed by atoms with Gasteiger partial charge in [-0.25, -0.2) is 9.18 Å². The van der Waals surface area contributed by atoms with Gasteiger partial charge in [-0.2, -0.15) is 0 Å². The number of carbonyl (C=O) groups is 1. The first kappa shape index (κ1) is 21.2. The number of hydrogen-bond donors (Lipinski definition) is 1. The number of phenols is 1. The molecule has 1 saturated heterocycles. The first-order chi connectivity index (χ1) is 15.0. The molecule has 1 aliphatic heterocycles. The lowest BCUT2D eigenvalue weighted by Gasteiger charge is -2.27. The number of benzene rings is 2. The number of likely N-dealkylation sites (tertiary alicyclic amines) is 1. The average molecular weight is 427 g/mol. The number of fused-ring (bicyclic) bond motifs is 1. The Balaban J connectivity index is 1.94. The first-order valence-corrected chi connectivity index (χ1v) is 10.5. The van der Waals surface area contributed by atoms with Gasteiger partial charge in [0.2, 0.25) is 0 Å². The van der Waals surface area contributed by atoms with Crippen LogP contribution in [-0.2, 0) is 11.3 Å². The third-order valence-corrected chi connectivity index (χ3v) is 5.66. The molecule has 0 saturated carbocycles. The van der Waals surface area contributed by atoms with E-state index < -0.39 is 11.8 Å². The van der Waals surface area contributed by atoms with Crippen LogP contribution >= 0.6 is 0 Å². The van der Waals surface area contributed by atoms with Crippen molar-refractivity contribution in [3.63, 3.8) is 0 Å². The molecular formula is C24H26FNO5. The van der Waals surface area contributed by atoms with E-state index in [2.05, 4.69) is 4.90 Å². The van der Waals surface area contributed by atoms with Gasteiger partial charge in [-0.05, 0) is 57.1 Å². The number of nitrogens with zero attached hydrogens (tertiary/aromatic N) is 1. The number of aromatic hydroxyl groups is 1. The molecule has 0 aliphatic carbocycles. The predicted octanol–water partition coefficient (Wildman–Crippen LogP) is 5.12. The molecule has 31 heavy (non-hydrogen) atoms. The van der Waals surface area contributed by atoms with E-state index >= 15 is 0 Å². The number of phenolic OH excluding ortho intramolecular Hbond substituents is 1. The SMILES string of the molecule is CCOC(=O)c1c(-c2ccc(F)cc2OC)oc2ccc(O)c(CN3CCCCC3)c12. The first-order valence-electron chi connectivity index (χ1n) is 10.5. The van der Waals surface area contributed by atoms with Crippen molar-refractivity contribution in [2.75, 3.05) is 26.8 Å². The summed E-state index contributed by atoms with van der Waals surface area (Å²) in [5.41, 5.74) is 1.73. The number of furan rings is 1. The maximum atomic E-state index is 13.8. The van der Waals surface area contributed by atoms with Crippen LogP contribution < -0.4 is 4.74 Å². The van der Waals surface area contributed by atoms with Crippen LogP contribution in [-0.4, -0.2) is 42.8 Å². The minimum atomic E-state index is -0.562. The van der Waals surface area contributed by atoms with E-state index in [4.69, 9.17) is 13.9 Å². The van der Waals surface area contributed by atoms with Crippen LogP contribution in [0.5, 0.6) is 11.5 Å². The average Bonchev–Trinajstić information content (AvgIpc) is 3.16. The second-order valence-electron chi connectivity index (χ2n) is 7.64. The molecule has 1 aromatic heterocycles. The number of methoxy groups -OCH3 is 1. The van der Waals surface area contributed by atoms with Gasteiger partial charge in [-0.1, -0.05) is 6.42 Å². The van der Waals surface area contributed by atoms with Gasteiger partial charge in [-0.15, -0.1) is 0 Å². The summed E-state index contributed by atoms with van der Waals surface area (Å²) >= 11 is 0. The van der Waals surface area contributed by atoms with Crippen LogP contribution in [0.1, 0.15) is 42.1 Å². The van der Waals surface area contributed by atoms with E-state index in [9.17, 15) is 14.3 Å². The van der Waals surface area contributed by atoms with Crippen molar-refractivity contribution >= 4 is 16.9 Å². The Morgan fingerprint density at radius 3 is 2.68 bits per heavy atom. The summed E-state index contributed by atoms with van der Waals surface area (Å²) in [4.78, 5) is 15.3. The van der Waals surface area contributed by atoms with Crippen molar-refractivity contribution in [1.29, 1.82) is 0 Å². The number of halogens is 1. The Hall–Kier alpha value is -3.06. The standard InChI is InChI=1S/C24H26FNO5/c1-3-30-24(28)22-21-17(14-26-11-5-4-6-12-26)18(27)9-10-19(21)31-23(22)16-8-7-15(25)13-20(16)29-2/h7-10,13,27H,3-6,11-12,14H2,1-2H3. The zero-order valence-electron chi connectivity index (χ0n) is 17.7. The fourth-order valence-corrected chi connectivity index (χ4v) is 4.19. The molecule has 0 radical (unpaired) electrons. The minimum Gasteiger partial charge on any atom is -0.508 e. The number of ether oxygens (including phenoxy) is 2. The Labute approximate surface area is 180 Å². The lowest BCUT2D eigenvalue weighted by molar-refractivity contribution is 0.0528. The molecule has 7 heteroatoms. The van der Waals surface area contributed by atoms with Crippen molar-refractivity contribution < 1.29 is 28.2 Å². The van der Waals surface area contributed by atoms with Gasteiger partial charge in [0.1, 0.15) is 28.5 Å². The van der Waals surface area contributed by atoms with E-state index in [1.54, 1.807) is 19.1 Å². The molecule has 3 aromatic rings. The zero-order chi connectivity index (χ0) is 22.0. The van der Waals surface area contributed by atoms with Crippen LogP contribution in [0.15, 0.2) is 34.7 Å². The second-order valence-corrected chi connectivity index (χ2v) is 7.64.